The van der Waals surface area contributed by atoms with Crippen molar-refractivity contribution in [1.29, 1.82) is 0 Å². The van der Waals surface area contributed by atoms with Crippen molar-refractivity contribution in [1.82, 2.24) is 5.32 Å². The number of halogens is 1. The Morgan fingerprint density at radius 3 is 2.52 bits per heavy atom. The number of carboxylic acid groups (broad SMARTS) is 1. The fourth-order valence-electron chi connectivity index (χ4n) is 1.83. The highest BCUT2D eigenvalue weighted by molar-refractivity contribution is 9.10. The highest BCUT2D eigenvalue weighted by atomic mass is 79.9. The molecule has 23 heavy (non-hydrogen) atoms. The smallest absolute Gasteiger partial charge is 0.309 e. The summed E-state index contributed by atoms with van der Waals surface area (Å²) in [6.07, 6.45) is 0.337. The SMILES string of the molecule is CCOc1c(Br)cc(C(=O)NCCC(C)(C)C(=O)O)cc1OC. The van der Waals surface area contributed by atoms with Crippen LogP contribution in [0.5, 0.6) is 11.5 Å². The molecule has 0 atom stereocenters. The average Bonchev–Trinajstić information content (AvgIpc) is 2.48. The van der Waals surface area contributed by atoms with Crippen molar-refractivity contribution in [2.75, 3.05) is 20.3 Å². The van der Waals surface area contributed by atoms with Gasteiger partial charge in [-0.2, -0.15) is 0 Å². The molecule has 0 radical (unpaired) electrons. The van der Waals surface area contributed by atoms with Gasteiger partial charge in [0.1, 0.15) is 0 Å². The minimum Gasteiger partial charge on any atom is -0.493 e. The van der Waals surface area contributed by atoms with Crippen molar-refractivity contribution in [2.45, 2.75) is 27.2 Å². The highest BCUT2D eigenvalue weighted by Gasteiger charge is 2.26. The summed E-state index contributed by atoms with van der Waals surface area (Å²) in [6.45, 7) is 5.85. The monoisotopic (exact) mass is 387 g/mol. The quantitative estimate of drug-likeness (QED) is 0.715. The van der Waals surface area contributed by atoms with Gasteiger partial charge in [-0.25, -0.2) is 0 Å². The Hall–Kier alpha value is -1.76. The van der Waals surface area contributed by atoms with Crippen molar-refractivity contribution in [2.24, 2.45) is 5.41 Å². The lowest BCUT2D eigenvalue weighted by Gasteiger charge is -2.19. The van der Waals surface area contributed by atoms with Crippen molar-refractivity contribution in [3.63, 3.8) is 0 Å². The molecule has 0 aromatic heterocycles. The van der Waals surface area contributed by atoms with Gasteiger partial charge in [-0.15, -0.1) is 0 Å². The lowest BCUT2D eigenvalue weighted by Crippen LogP contribution is -2.32. The van der Waals surface area contributed by atoms with Gasteiger partial charge in [-0.1, -0.05) is 0 Å². The van der Waals surface area contributed by atoms with E-state index in [2.05, 4.69) is 21.2 Å². The maximum absolute atomic E-state index is 12.2. The predicted molar refractivity (Wildman–Crippen MR) is 90.2 cm³/mol. The van der Waals surface area contributed by atoms with Gasteiger partial charge >= 0.3 is 5.97 Å². The van der Waals surface area contributed by atoms with Crippen LogP contribution in [0.3, 0.4) is 0 Å². The van der Waals surface area contributed by atoms with E-state index in [0.717, 1.165) is 0 Å². The zero-order valence-electron chi connectivity index (χ0n) is 13.7. The van der Waals surface area contributed by atoms with Crippen LogP contribution in [0.15, 0.2) is 16.6 Å². The summed E-state index contributed by atoms with van der Waals surface area (Å²) in [5, 5.41) is 11.8. The Morgan fingerprint density at radius 2 is 2.00 bits per heavy atom. The van der Waals surface area contributed by atoms with Crippen LogP contribution in [0.25, 0.3) is 0 Å². The first-order chi connectivity index (χ1) is 10.7. The number of nitrogens with one attached hydrogen (secondary N) is 1. The molecule has 128 valence electrons. The van der Waals surface area contributed by atoms with Gasteiger partial charge in [-0.05, 0) is 55.3 Å². The van der Waals surface area contributed by atoms with Crippen LogP contribution in [-0.2, 0) is 4.79 Å². The number of hydrogen-bond acceptors (Lipinski definition) is 4. The fraction of sp³-hybridized carbons (Fsp3) is 0.500. The minimum absolute atomic E-state index is 0.269. The van der Waals surface area contributed by atoms with E-state index < -0.39 is 11.4 Å². The third-order valence-corrected chi connectivity index (χ3v) is 3.98. The standard InChI is InChI=1S/C16H22BrNO5/c1-5-23-13-11(17)8-10(9-12(13)22-4)14(19)18-7-6-16(2,3)15(20)21/h8-9H,5-7H2,1-4H3,(H,18,19)(H,20,21). The van der Waals surface area contributed by atoms with Gasteiger partial charge in [0.05, 0.1) is 23.6 Å². The number of carbonyl (C=O) groups excluding carboxylic acids is 1. The Morgan fingerprint density at radius 1 is 1.35 bits per heavy atom. The predicted octanol–water partition coefficient (Wildman–Crippen LogP) is 3.09. The average molecular weight is 388 g/mol. The molecule has 1 rings (SSSR count). The molecule has 1 aromatic rings. The number of ether oxygens (including phenoxy) is 2. The molecule has 1 aromatic carbocycles. The first-order valence-corrected chi connectivity index (χ1v) is 8.04. The van der Waals surface area contributed by atoms with Crippen molar-refractivity contribution < 1.29 is 24.2 Å². The molecule has 0 saturated carbocycles. The summed E-state index contributed by atoms with van der Waals surface area (Å²) in [5.74, 6) is -0.193. The molecule has 0 bridgehead atoms. The van der Waals surface area contributed by atoms with E-state index in [1.807, 2.05) is 6.92 Å². The second-order valence-electron chi connectivity index (χ2n) is 5.62. The molecule has 2 N–H and O–H groups in total. The zero-order chi connectivity index (χ0) is 17.6. The molecule has 0 aliphatic heterocycles. The third kappa shape index (κ3) is 5.13. The van der Waals surface area contributed by atoms with E-state index in [0.29, 0.717) is 34.6 Å². The Kier molecular flexibility index (Phi) is 6.87. The van der Waals surface area contributed by atoms with E-state index >= 15 is 0 Å². The molecule has 0 unspecified atom stereocenters. The van der Waals surface area contributed by atoms with E-state index in [4.69, 9.17) is 14.6 Å². The number of carbonyl (C=O) groups is 2. The van der Waals surface area contributed by atoms with Gasteiger partial charge < -0.3 is 19.9 Å². The molecule has 0 spiro atoms. The van der Waals surface area contributed by atoms with Crippen LogP contribution >= 0.6 is 15.9 Å². The number of aliphatic carboxylic acids is 1. The lowest BCUT2D eigenvalue weighted by molar-refractivity contribution is -0.147. The van der Waals surface area contributed by atoms with Crippen LogP contribution in [-0.4, -0.2) is 37.2 Å². The molecule has 0 saturated heterocycles. The first kappa shape index (κ1) is 19.3. The summed E-state index contributed by atoms with van der Waals surface area (Å²) in [6, 6.07) is 3.23. The second-order valence-corrected chi connectivity index (χ2v) is 6.47. The molecule has 6 nitrogen and oxygen atoms in total. The Labute approximate surface area is 144 Å². The zero-order valence-corrected chi connectivity index (χ0v) is 15.3. The van der Waals surface area contributed by atoms with Gasteiger partial charge in [0.15, 0.2) is 11.5 Å². The van der Waals surface area contributed by atoms with Gasteiger partial charge in [0.25, 0.3) is 5.91 Å². The molecular formula is C16H22BrNO5. The van der Waals surface area contributed by atoms with Crippen LogP contribution in [0.1, 0.15) is 37.6 Å². The topological polar surface area (TPSA) is 84.9 Å². The van der Waals surface area contributed by atoms with Crippen molar-refractivity contribution in [3.05, 3.63) is 22.2 Å². The number of benzene rings is 1. The Balaban J connectivity index is 2.81. The summed E-state index contributed by atoms with van der Waals surface area (Å²) in [7, 11) is 1.50. The van der Waals surface area contributed by atoms with Crippen LogP contribution in [0.2, 0.25) is 0 Å². The highest BCUT2D eigenvalue weighted by Crippen LogP contribution is 2.36. The molecule has 1 amide bonds. The molecule has 7 heteroatoms. The summed E-state index contributed by atoms with van der Waals surface area (Å²) in [4.78, 5) is 23.3. The van der Waals surface area contributed by atoms with E-state index in [1.54, 1.807) is 26.0 Å². The summed E-state index contributed by atoms with van der Waals surface area (Å²) < 4.78 is 11.3. The van der Waals surface area contributed by atoms with Gasteiger partial charge in [-0.3, -0.25) is 9.59 Å². The van der Waals surface area contributed by atoms with Crippen LogP contribution in [0.4, 0.5) is 0 Å². The normalized spacial score (nSPS) is 11.0. The second kappa shape index (κ2) is 8.19. The lowest BCUT2D eigenvalue weighted by atomic mass is 9.90. The van der Waals surface area contributed by atoms with Crippen LogP contribution in [0, 0.1) is 5.41 Å². The molecule has 0 heterocycles. The van der Waals surface area contributed by atoms with E-state index in [1.165, 1.54) is 7.11 Å². The van der Waals surface area contributed by atoms with Crippen LogP contribution < -0.4 is 14.8 Å². The summed E-state index contributed by atoms with van der Waals surface area (Å²) in [5.41, 5.74) is -0.477. The number of amides is 1. The largest absolute Gasteiger partial charge is 0.493 e. The van der Waals surface area contributed by atoms with Gasteiger partial charge in [0.2, 0.25) is 0 Å². The van der Waals surface area contributed by atoms with E-state index in [-0.39, 0.29) is 12.5 Å². The molecular weight excluding hydrogens is 366 g/mol. The first-order valence-electron chi connectivity index (χ1n) is 7.24. The number of hydrogen-bond donors (Lipinski definition) is 2. The van der Waals surface area contributed by atoms with Gasteiger partial charge in [0, 0.05) is 12.1 Å². The van der Waals surface area contributed by atoms with E-state index in [9.17, 15) is 9.59 Å². The molecule has 0 aliphatic rings. The number of methoxy groups -OCH3 is 1. The minimum atomic E-state index is -0.891. The van der Waals surface area contributed by atoms with Crippen molar-refractivity contribution in [3.8, 4) is 11.5 Å². The number of carboxylic acids is 1. The Bertz CT molecular complexity index is 586. The number of rotatable bonds is 8. The fourth-order valence-corrected chi connectivity index (χ4v) is 2.39. The third-order valence-electron chi connectivity index (χ3n) is 3.39. The van der Waals surface area contributed by atoms with Crippen molar-refractivity contribution >= 4 is 27.8 Å². The summed E-state index contributed by atoms with van der Waals surface area (Å²) >= 11 is 3.36. The molecule has 0 aliphatic carbocycles. The maximum Gasteiger partial charge on any atom is 0.309 e. The maximum atomic E-state index is 12.2. The molecule has 0 fully saturated rings.